The molecule has 1 aliphatic rings. The van der Waals surface area contributed by atoms with Crippen LogP contribution in [0.2, 0.25) is 5.02 Å². The van der Waals surface area contributed by atoms with Crippen LogP contribution in [0.15, 0.2) is 47.0 Å². The van der Waals surface area contributed by atoms with Gasteiger partial charge in [0, 0.05) is 29.9 Å². The highest BCUT2D eigenvalue weighted by molar-refractivity contribution is 6.30. The number of rotatable bonds is 2. The summed E-state index contributed by atoms with van der Waals surface area (Å²) in [5, 5.41) is 0.755. The van der Waals surface area contributed by atoms with E-state index in [1.54, 1.807) is 6.20 Å². The Morgan fingerprint density at radius 1 is 1.22 bits per heavy atom. The maximum absolute atomic E-state index is 6.15. The van der Waals surface area contributed by atoms with Gasteiger partial charge in [-0.15, -0.1) is 0 Å². The van der Waals surface area contributed by atoms with E-state index < -0.39 is 0 Å². The van der Waals surface area contributed by atoms with E-state index in [1.165, 1.54) is 5.56 Å². The second-order valence-electron chi connectivity index (χ2n) is 5.71. The van der Waals surface area contributed by atoms with Crippen LogP contribution in [-0.4, -0.2) is 16.5 Å². The van der Waals surface area contributed by atoms with Crippen LogP contribution in [0.5, 0.6) is 0 Å². The van der Waals surface area contributed by atoms with Gasteiger partial charge in [-0.25, -0.2) is 4.98 Å². The van der Waals surface area contributed by atoms with Crippen molar-refractivity contribution >= 4 is 17.3 Å². The van der Waals surface area contributed by atoms with Crippen LogP contribution in [0.1, 0.15) is 17.0 Å². The predicted octanol–water partition coefficient (Wildman–Crippen LogP) is 4.26. The Morgan fingerprint density at radius 3 is 2.96 bits per heavy atom. The van der Waals surface area contributed by atoms with Crippen molar-refractivity contribution in [3.63, 3.8) is 0 Å². The number of anilines is 1. The van der Waals surface area contributed by atoms with E-state index in [2.05, 4.69) is 27.9 Å². The Hall–Kier alpha value is -2.33. The molecule has 0 bridgehead atoms. The monoisotopic (exact) mass is 325 g/mol. The van der Waals surface area contributed by atoms with E-state index in [0.717, 1.165) is 47.4 Å². The van der Waals surface area contributed by atoms with E-state index in [9.17, 15) is 0 Å². The predicted molar refractivity (Wildman–Crippen MR) is 90.7 cm³/mol. The van der Waals surface area contributed by atoms with Gasteiger partial charge in [-0.1, -0.05) is 23.7 Å². The molecule has 5 heteroatoms. The van der Waals surface area contributed by atoms with Crippen molar-refractivity contribution in [3.05, 3.63) is 64.6 Å². The number of hydrogen-bond donors (Lipinski definition) is 0. The molecule has 23 heavy (non-hydrogen) atoms. The minimum absolute atomic E-state index is 0.597. The van der Waals surface area contributed by atoms with Crippen LogP contribution in [0, 0.1) is 6.92 Å². The lowest BCUT2D eigenvalue weighted by Gasteiger charge is -2.29. The number of nitrogens with zero attached hydrogens (tertiary/aromatic N) is 3. The van der Waals surface area contributed by atoms with Crippen molar-refractivity contribution in [2.45, 2.75) is 19.9 Å². The molecule has 4 rings (SSSR count). The highest BCUT2D eigenvalue weighted by atomic mass is 35.5. The lowest BCUT2D eigenvalue weighted by molar-refractivity contribution is 0.498. The fraction of sp³-hybridized carbons (Fsp3) is 0.222. The molecule has 116 valence electrons. The maximum atomic E-state index is 6.15. The first-order chi connectivity index (χ1) is 11.2. The minimum Gasteiger partial charge on any atom is -0.439 e. The summed E-state index contributed by atoms with van der Waals surface area (Å²) in [6, 6.07) is 11.7. The molecule has 0 saturated heterocycles. The standard InChI is InChI=1S/C18H16ClN3O/c1-12-5-6-13(19)10-16(12)22-9-7-17-15(11-22)21-18(23-17)14-4-2-3-8-20-14/h2-6,8,10H,7,9,11H2,1H3. The Morgan fingerprint density at radius 2 is 2.13 bits per heavy atom. The van der Waals surface area contributed by atoms with E-state index in [1.807, 2.05) is 30.3 Å². The lowest BCUT2D eigenvalue weighted by Crippen LogP contribution is -2.30. The highest BCUT2D eigenvalue weighted by Crippen LogP contribution is 2.31. The van der Waals surface area contributed by atoms with Crippen molar-refractivity contribution < 1.29 is 4.42 Å². The molecule has 0 aliphatic carbocycles. The smallest absolute Gasteiger partial charge is 0.245 e. The van der Waals surface area contributed by atoms with Crippen LogP contribution in [0.3, 0.4) is 0 Å². The molecular formula is C18H16ClN3O. The Labute approximate surface area is 139 Å². The number of oxazole rings is 1. The fourth-order valence-electron chi connectivity index (χ4n) is 2.93. The zero-order chi connectivity index (χ0) is 15.8. The molecule has 1 aliphatic heterocycles. The third-order valence-electron chi connectivity index (χ3n) is 4.12. The molecule has 0 N–H and O–H groups in total. The summed E-state index contributed by atoms with van der Waals surface area (Å²) in [6.07, 6.45) is 2.58. The molecule has 0 radical (unpaired) electrons. The average Bonchev–Trinajstić information content (AvgIpc) is 3.01. The fourth-order valence-corrected chi connectivity index (χ4v) is 3.09. The number of hydrogen-bond acceptors (Lipinski definition) is 4. The SMILES string of the molecule is Cc1ccc(Cl)cc1N1CCc2oc(-c3ccccn3)nc2C1. The highest BCUT2D eigenvalue weighted by Gasteiger charge is 2.24. The number of aryl methyl sites for hydroxylation is 1. The number of fused-ring (bicyclic) bond motifs is 1. The van der Waals surface area contributed by atoms with Gasteiger partial charge < -0.3 is 9.32 Å². The van der Waals surface area contributed by atoms with Crippen LogP contribution in [0.4, 0.5) is 5.69 Å². The zero-order valence-corrected chi connectivity index (χ0v) is 13.5. The van der Waals surface area contributed by atoms with Gasteiger partial charge in [-0.2, -0.15) is 0 Å². The molecule has 0 spiro atoms. The molecule has 0 saturated carbocycles. The molecule has 3 aromatic rings. The number of halogens is 1. The van der Waals surface area contributed by atoms with Gasteiger partial charge in [0.1, 0.15) is 17.1 Å². The van der Waals surface area contributed by atoms with Gasteiger partial charge in [0.2, 0.25) is 5.89 Å². The summed E-state index contributed by atoms with van der Waals surface area (Å²) >= 11 is 6.15. The van der Waals surface area contributed by atoms with E-state index in [-0.39, 0.29) is 0 Å². The molecule has 2 aromatic heterocycles. The second kappa shape index (κ2) is 5.70. The molecule has 4 nitrogen and oxygen atoms in total. The molecule has 1 aromatic carbocycles. The van der Waals surface area contributed by atoms with Gasteiger partial charge in [-0.05, 0) is 36.8 Å². The largest absolute Gasteiger partial charge is 0.439 e. The summed E-state index contributed by atoms with van der Waals surface area (Å²) in [5.74, 6) is 1.56. The quantitative estimate of drug-likeness (QED) is 0.706. The van der Waals surface area contributed by atoms with Crippen LogP contribution in [0.25, 0.3) is 11.6 Å². The van der Waals surface area contributed by atoms with E-state index in [4.69, 9.17) is 16.0 Å². The first kappa shape index (κ1) is 14.3. The number of pyridine rings is 1. The summed E-state index contributed by atoms with van der Waals surface area (Å²) in [6.45, 7) is 3.72. The van der Waals surface area contributed by atoms with Gasteiger partial charge in [0.15, 0.2) is 0 Å². The normalized spacial score (nSPS) is 13.9. The molecule has 3 heterocycles. The van der Waals surface area contributed by atoms with Gasteiger partial charge in [0.05, 0.1) is 6.54 Å². The van der Waals surface area contributed by atoms with Crippen molar-refractivity contribution in [2.75, 3.05) is 11.4 Å². The molecule has 0 unspecified atom stereocenters. The van der Waals surface area contributed by atoms with Gasteiger partial charge in [0.25, 0.3) is 0 Å². The van der Waals surface area contributed by atoms with Crippen molar-refractivity contribution in [3.8, 4) is 11.6 Å². The lowest BCUT2D eigenvalue weighted by atomic mass is 10.1. The Balaban J connectivity index is 1.65. The van der Waals surface area contributed by atoms with E-state index >= 15 is 0 Å². The van der Waals surface area contributed by atoms with Gasteiger partial charge in [-0.3, -0.25) is 4.98 Å². The topological polar surface area (TPSA) is 42.2 Å². The summed E-state index contributed by atoms with van der Waals surface area (Å²) in [7, 11) is 0. The van der Waals surface area contributed by atoms with Crippen LogP contribution >= 0.6 is 11.6 Å². The zero-order valence-electron chi connectivity index (χ0n) is 12.8. The molecule has 0 amide bonds. The summed E-state index contributed by atoms with van der Waals surface area (Å²) < 4.78 is 5.90. The third-order valence-corrected chi connectivity index (χ3v) is 4.36. The van der Waals surface area contributed by atoms with Crippen molar-refractivity contribution in [2.24, 2.45) is 0 Å². The van der Waals surface area contributed by atoms with Gasteiger partial charge >= 0.3 is 0 Å². The summed E-state index contributed by atoms with van der Waals surface area (Å²) in [5.41, 5.74) is 4.13. The molecule has 0 atom stereocenters. The Bertz CT molecular complexity index is 845. The average molecular weight is 326 g/mol. The number of aromatic nitrogens is 2. The summed E-state index contributed by atoms with van der Waals surface area (Å²) in [4.78, 5) is 11.3. The third kappa shape index (κ3) is 2.70. The first-order valence-corrected chi connectivity index (χ1v) is 7.99. The van der Waals surface area contributed by atoms with Crippen molar-refractivity contribution in [1.29, 1.82) is 0 Å². The van der Waals surface area contributed by atoms with Crippen LogP contribution < -0.4 is 4.90 Å². The molecular weight excluding hydrogens is 310 g/mol. The second-order valence-corrected chi connectivity index (χ2v) is 6.14. The number of benzene rings is 1. The van der Waals surface area contributed by atoms with Crippen molar-refractivity contribution in [1.82, 2.24) is 9.97 Å². The van der Waals surface area contributed by atoms with Crippen LogP contribution in [-0.2, 0) is 13.0 Å². The minimum atomic E-state index is 0.597. The van der Waals surface area contributed by atoms with E-state index in [0.29, 0.717) is 5.89 Å². The Kier molecular flexibility index (Phi) is 3.54. The first-order valence-electron chi connectivity index (χ1n) is 7.62. The molecule has 0 fully saturated rings. The maximum Gasteiger partial charge on any atom is 0.245 e.